The van der Waals surface area contributed by atoms with Crippen LogP contribution in [0.1, 0.15) is 27.7 Å². The minimum Gasteiger partial charge on any atom is -0.464 e. The maximum atomic E-state index is 5.38. The number of nitrogens with zero attached hydrogens (tertiary/aromatic N) is 1. The van der Waals surface area contributed by atoms with Gasteiger partial charge in [0.15, 0.2) is 0 Å². The molecule has 2 aromatic heterocycles. The lowest BCUT2D eigenvalue weighted by Crippen LogP contribution is -2.24. The molecule has 2 aromatic rings. The standard InChI is InChI=1S/C15H22N2O/c1-10(2)13(11(3)4)9-17-15-12-6-8-18-14(12)5-7-16-15/h5-8,10-11,13H,9H2,1-4H3,(H,16,17). The molecule has 2 rings (SSSR count). The maximum Gasteiger partial charge on any atom is 0.139 e. The van der Waals surface area contributed by atoms with E-state index in [1.165, 1.54) is 0 Å². The van der Waals surface area contributed by atoms with Gasteiger partial charge in [0.1, 0.15) is 11.4 Å². The van der Waals surface area contributed by atoms with Crippen molar-refractivity contribution in [3.05, 3.63) is 24.6 Å². The average molecular weight is 246 g/mol. The van der Waals surface area contributed by atoms with Crippen LogP contribution in [0.25, 0.3) is 11.0 Å². The summed E-state index contributed by atoms with van der Waals surface area (Å²) in [6.07, 6.45) is 3.49. The van der Waals surface area contributed by atoms with Crippen molar-refractivity contribution in [2.24, 2.45) is 17.8 Å². The van der Waals surface area contributed by atoms with E-state index >= 15 is 0 Å². The first kappa shape index (κ1) is 12.9. The zero-order chi connectivity index (χ0) is 13.1. The fourth-order valence-electron chi connectivity index (χ4n) is 2.49. The molecule has 0 bridgehead atoms. The summed E-state index contributed by atoms with van der Waals surface area (Å²) in [4.78, 5) is 4.40. The van der Waals surface area contributed by atoms with Gasteiger partial charge in [0.2, 0.25) is 0 Å². The topological polar surface area (TPSA) is 38.1 Å². The van der Waals surface area contributed by atoms with Gasteiger partial charge in [-0.05, 0) is 29.9 Å². The third-order valence-electron chi connectivity index (χ3n) is 3.60. The van der Waals surface area contributed by atoms with E-state index in [1.807, 2.05) is 12.1 Å². The van der Waals surface area contributed by atoms with Gasteiger partial charge in [-0.2, -0.15) is 0 Å². The summed E-state index contributed by atoms with van der Waals surface area (Å²) in [5.74, 6) is 2.91. The van der Waals surface area contributed by atoms with Crippen LogP contribution in [-0.2, 0) is 0 Å². The monoisotopic (exact) mass is 246 g/mol. The predicted octanol–water partition coefficient (Wildman–Crippen LogP) is 4.17. The SMILES string of the molecule is CC(C)C(CNc1nccc2occc12)C(C)C. The van der Waals surface area contributed by atoms with E-state index < -0.39 is 0 Å². The number of anilines is 1. The molecule has 0 atom stereocenters. The molecule has 98 valence electrons. The van der Waals surface area contributed by atoms with Crippen LogP contribution in [0, 0.1) is 17.8 Å². The smallest absolute Gasteiger partial charge is 0.139 e. The quantitative estimate of drug-likeness (QED) is 0.860. The Morgan fingerprint density at radius 1 is 1.17 bits per heavy atom. The van der Waals surface area contributed by atoms with E-state index in [4.69, 9.17) is 4.42 Å². The molecular weight excluding hydrogens is 224 g/mol. The zero-order valence-electron chi connectivity index (χ0n) is 11.6. The van der Waals surface area contributed by atoms with Gasteiger partial charge < -0.3 is 9.73 Å². The largest absolute Gasteiger partial charge is 0.464 e. The maximum absolute atomic E-state index is 5.38. The lowest BCUT2D eigenvalue weighted by molar-refractivity contribution is 0.304. The number of aromatic nitrogens is 1. The summed E-state index contributed by atoms with van der Waals surface area (Å²) < 4.78 is 5.38. The summed E-state index contributed by atoms with van der Waals surface area (Å²) in [6.45, 7) is 10.1. The Morgan fingerprint density at radius 2 is 1.89 bits per heavy atom. The molecule has 0 aliphatic carbocycles. The molecule has 0 spiro atoms. The van der Waals surface area contributed by atoms with E-state index in [-0.39, 0.29) is 0 Å². The van der Waals surface area contributed by atoms with Crippen LogP contribution in [-0.4, -0.2) is 11.5 Å². The molecule has 0 saturated carbocycles. The van der Waals surface area contributed by atoms with Crippen molar-refractivity contribution in [2.45, 2.75) is 27.7 Å². The molecule has 3 nitrogen and oxygen atoms in total. The molecule has 1 N–H and O–H groups in total. The highest BCUT2D eigenvalue weighted by Crippen LogP contribution is 2.24. The van der Waals surface area contributed by atoms with E-state index in [9.17, 15) is 0 Å². The van der Waals surface area contributed by atoms with Crippen molar-refractivity contribution in [3.8, 4) is 0 Å². The second-order valence-corrected chi connectivity index (χ2v) is 5.52. The van der Waals surface area contributed by atoms with Crippen LogP contribution < -0.4 is 5.32 Å². The van der Waals surface area contributed by atoms with Gasteiger partial charge in [-0.15, -0.1) is 0 Å². The van der Waals surface area contributed by atoms with E-state index in [0.29, 0.717) is 17.8 Å². The van der Waals surface area contributed by atoms with Crippen molar-refractivity contribution in [1.82, 2.24) is 4.98 Å². The van der Waals surface area contributed by atoms with E-state index in [2.05, 4.69) is 38.0 Å². The zero-order valence-corrected chi connectivity index (χ0v) is 11.6. The minimum atomic E-state index is 0.647. The van der Waals surface area contributed by atoms with Crippen molar-refractivity contribution in [1.29, 1.82) is 0 Å². The Morgan fingerprint density at radius 3 is 2.56 bits per heavy atom. The third-order valence-corrected chi connectivity index (χ3v) is 3.60. The molecule has 0 aliphatic rings. The van der Waals surface area contributed by atoms with Gasteiger partial charge in [-0.1, -0.05) is 27.7 Å². The Labute approximate surface area is 109 Å². The molecule has 3 heteroatoms. The fourth-order valence-corrected chi connectivity index (χ4v) is 2.49. The van der Waals surface area contributed by atoms with Gasteiger partial charge in [0, 0.05) is 12.7 Å². The molecule has 18 heavy (non-hydrogen) atoms. The number of furan rings is 1. The van der Waals surface area contributed by atoms with Crippen LogP contribution in [0.5, 0.6) is 0 Å². The summed E-state index contributed by atoms with van der Waals surface area (Å²) in [7, 11) is 0. The second-order valence-electron chi connectivity index (χ2n) is 5.52. The lowest BCUT2D eigenvalue weighted by Gasteiger charge is -2.25. The number of pyridine rings is 1. The first-order valence-electron chi connectivity index (χ1n) is 6.65. The van der Waals surface area contributed by atoms with Crippen molar-refractivity contribution in [2.75, 3.05) is 11.9 Å². The molecule has 0 amide bonds. The molecule has 2 heterocycles. The number of fused-ring (bicyclic) bond motifs is 1. The Bertz CT molecular complexity index is 494. The van der Waals surface area contributed by atoms with Crippen LogP contribution in [0.4, 0.5) is 5.82 Å². The lowest BCUT2D eigenvalue weighted by atomic mass is 9.85. The Balaban J connectivity index is 2.12. The number of nitrogens with one attached hydrogen (secondary N) is 1. The van der Waals surface area contributed by atoms with Gasteiger partial charge >= 0.3 is 0 Å². The van der Waals surface area contributed by atoms with E-state index in [1.54, 1.807) is 12.5 Å². The minimum absolute atomic E-state index is 0.647. The highest BCUT2D eigenvalue weighted by molar-refractivity contribution is 5.87. The van der Waals surface area contributed by atoms with Gasteiger partial charge in [0.05, 0.1) is 11.6 Å². The average Bonchev–Trinajstić information content (AvgIpc) is 2.77. The van der Waals surface area contributed by atoms with Crippen LogP contribution in [0.3, 0.4) is 0 Å². The highest BCUT2D eigenvalue weighted by Gasteiger charge is 2.17. The molecule has 0 unspecified atom stereocenters. The van der Waals surface area contributed by atoms with E-state index in [0.717, 1.165) is 23.3 Å². The highest BCUT2D eigenvalue weighted by atomic mass is 16.3. The fraction of sp³-hybridized carbons (Fsp3) is 0.533. The van der Waals surface area contributed by atoms with Crippen molar-refractivity contribution < 1.29 is 4.42 Å². The molecule has 0 aromatic carbocycles. The molecule has 0 fully saturated rings. The second kappa shape index (κ2) is 5.42. The summed E-state index contributed by atoms with van der Waals surface area (Å²) >= 11 is 0. The van der Waals surface area contributed by atoms with Crippen LogP contribution in [0.2, 0.25) is 0 Å². The van der Waals surface area contributed by atoms with Crippen LogP contribution >= 0.6 is 0 Å². The number of hydrogen-bond donors (Lipinski definition) is 1. The van der Waals surface area contributed by atoms with Crippen molar-refractivity contribution in [3.63, 3.8) is 0 Å². The Hall–Kier alpha value is -1.51. The predicted molar refractivity (Wildman–Crippen MR) is 75.7 cm³/mol. The molecule has 0 saturated heterocycles. The first-order chi connectivity index (χ1) is 8.59. The summed E-state index contributed by atoms with van der Waals surface area (Å²) in [5, 5.41) is 4.52. The normalized spacial score (nSPS) is 11.9. The van der Waals surface area contributed by atoms with Crippen molar-refractivity contribution >= 4 is 16.8 Å². The molecule has 0 aliphatic heterocycles. The molecular formula is C15H22N2O. The molecule has 0 radical (unpaired) electrons. The summed E-state index contributed by atoms with van der Waals surface area (Å²) in [6, 6.07) is 3.85. The summed E-state index contributed by atoms with van der Waals surface area (Å²) in [5.41, 5.74) is 0.887. The van der Waals surface area contributed by atoms with Crippen LogP contribution in [0.15, 0.2) is 29.0 Å². The van der Waals surface area contributed by atoms with Gasteiger partial charge in [-0.25, -0.2) is 4.98 Å². The Kier molecular flexibility index (Phi) is 3.90. The number of rotatable bonds is 5. The third kappa shape index (κ3) is 2.66. The first-order valence-corrected chi connectivity index (χ1v) is 6.65. The van der Waals surface area contributed by atoms with Gasteiger partial charge in [-0.3, -0.25) is 0 Å². The van der Waals surface area contributed by atoms with Gasteiger partial charge in [0.25, 0.3) is 0 Å². The number of hydrogen-bond acceptors (Lipinski definition) is 3.